The summed E-state index contributed by atoms with van der Waals surface area (Å²) in [5.41, 5.74) is 1.12. The molecule has 0 radical (unpaired) electrons. The van der Waals surface area contributed by atoms with E-state index in [1.54, 1.807) is 12.1 Å². The summed E-state index contributed by atoms with van der Waals surface area (Å²) >= 11 is 0. The van der Waals surface area contributed by atoms with Crippen molar-refractivity contribution >= 4 is 5.69 Å². The normalized spacial score (nSPS) is 18.6. The second-order valence-corrected chi connectivity index (χ2v) is 4.82. The van der Waals surface area contributed by atoms with Crippen molar-refractivity contribution in [2.75, 3.05) is 20.1 Å². The minimum Gasteiger partial charge on any atom is -0.322 e. The summed E-state index contributed by atoms with van der Waals surface area (Å²) in [6.45, 7) is 3.04. The van der Waals surface area contributed by atoms with Gasteiger partial charge in [-0.2, -0.15) is 0 Å². The van der Waals surface area contributed by atoms with Gasteiger partial charge in [-0.3, -0.25) is 10.1 Å². The molecule has 1 aromatic rings. The highest BCUT2D eigenvalue weighted by molar-refractivity contribution is 5.39. The highest BCUT2D eigenvalue weighted by Gasteiger charge is 2.29. The van der Waals surface area contributed by atoms with Gasteiger partial charge in [0.2, 0.25) is 0 Å². The molecule has 1 aliphatic rings. The Balaban J connectivity index is 2.23. The minimum absolute atomic E-state index is 0.258. The van der Waals surface area contributed by atoms with Crippen molar-refractivity contribution in [3.8, 4) is 0 Å². The molecular formula is C12H17N2O2+. The smallest absolute Gasteiger partial charge is 0.278 e. The van der Waals surface area contributed by atoms with Gasteiger partial charge in [-0.1, -0.05) is 12.1 Å². The molecule has 2 rings (SSSR count). The summed E-state index contributed by atoms with van der Waals surface area (Å²) in [5.74, 6) is 0. The van der Waals surface area contributed by atoms with Crippen LogP contribution in [-0.4, -0.2) is 29.5 Å². The van der Waals surface area contributed by atoms with E-state index >= 15 is 0 Å². The van der Waals surface area contributed by atoms with Crippen molar-refractivity contribution in [1.29, 1.82) is 0 Å². The molecule has 0 spiro atoms. The monoisotopic (exact) mass is 221 g/mol. The molecule has 0 bridgehead atoms. The molecule has 1 aliphatic heterocycles. The van der Waals surface area contributed by atoms with Crippen LogP contribution in [-0.2, 0) is 6.54 Å². The van der Waals surface area contributed by atoms with Crippen LogP contribution in [0.25, 0.3) is 0 Å². The van der Waals surface area contributed by atoms with Gasteiger partial charge in [-0.15, -0.1) is 0 Å². The van der Waals surface area contributed by atoms with Gasteiger partial charge < -0.3 is 4.48 Å². The molecule has 0 atom stereocenters. The maximum absolute atomic E-state index is 10.9. The molecule has 0 N–H and O–H groups in total. The van der Waals surface area contributed by atoms with Crippen LogP contribution in [0.4, 0.5) is 5.69 Å². The maximum Gasteiger partial charge on any atom is 0.278 e. The zero-order chi connectivity index (χ0) is 11.6. The zero-order valence-electron chi connectivity index (χ0n) is 9.56. The molecular weight excluding hydrogens is 204 g/mol. The van der Waals surface area contributed by atoms with E-state index in [0.29, 0.717) is 0 Å². The van der Waals surface area contributed by atoms with E-state index in [2.05, 4.69) is 7.05 Å². The van der Waals surface area contributed by atoms with Crippen molar-refractivity contribution in [2.24, 2.45) is 0 Å². The van der Waals surface area contributed by atoms with Gasteiger partial charge in [0.15, 0.2) is 0 Å². The summed E-state index contributed by atoms with van der Waals surface area (Å²) in [7, 11) is 2.18. The van der Waals surface area contributed by atoms with Crippen LogP contribution in [0.15, 0.2) is 24.3 Å². The standard InChI is InChI=1S/C12H17N2O2/c1-14(8-4-5-9-14)10-11-6-2-3-7-12(11)13(15)16/h2-3,6-7H,4-5,8-10H2,1H3/q+1. The summed E-state index contributed by atoms with van der Waals surface area (Å²) in [6.07, 6.45) is 2.47. The van der Waals surface area contributed by atoms with E-state index in [-0.39, 0.29) is 10.6 Å². The second-order valence-electron chi connectivity index (χ2n) is 4.82. The fourth-order valence-electron chi connectivity index (χ4n) is 2.49. The number of nitro groups is 1. The number of para-hydroxylation sites is 1. The predicted octanol–water partition coefficient (Wildman–Crippen LogP) is 2.34. The SMILES string of the molecule is C[N+]1(Cc2ccccc2[N+](=O)[O-])CCCC1. The fraction of sp³-hybridized carbons (Fsp3) is 0.500. The van der Waals surface area contributed by atoms with E-state index in [9.17, 15) is 10.1 Å². The quantitative estimate of drug-likeness (QED) is 0.446. The number of quaternary nitrogens is 1. The van der Waals surface area contributed by atoms with E-state index in [4.69, 9.17) is 0 Å². The Bertz CT molecular complexity index is 398. The van der Waals surface area contributed by atoms with Crippen LogP contribution in [0.2, 0.25) is 0 Å². The summed E-state index contributed by atoms with van der Waals surface area (Å²) in [6, 6.07) is 7.08. The first-order chi connectivity index (χ1) is 7.61. The van der Waals surface area contributed by atoms with E-state index < -0.39 is 0 Å². The van der Waals surface area contributed by atoms with Crippen LogP contribution in [0, 0.1) is 10.1 Å². The Hall–Kier alpha value is -1.42. The molecule has 4 nitrogen and oxygen atoms in total. The number of likely N-dealkylation sites (tertiary alicyclic amines) is 1. The Morgan fingerprint density at radius 1 is 1.31 bits per heavy atom. The fourth-order valence-corrected chi connectivity index (χ4v) is 2.49. The average molecular weight is 221 g/mol. The first-order valence-corrected chi connectivity index (χ1v) is 5.67. The first-order valence-electron chi connectivity index (χ1n) is 5.67. The molecule has 0 unspecified atom stereocenters. The lowest BCUT2D eigenvalue weighted by molar-refractivity contribution is -0.911. The van der Waals surface area contributed by atoms with E-state index in [1.165, 1.54) is 12.8 Å². The summed E-state index contributed by atoms with van der Waals surface area (Å²) in [4.78, 5) is 10.6. The van der Waals surface area contributed by atoms with Crippen LogP contribution < -0.4 is 0 Å². The summed E-state index contributed by atoms with van der Waals surface area (Å²) in [5, 5.41) is 10.9. The highest BCUT2D eigenvalue weighted by atomic mass is 16.6. The Kier molecular flexibility index (Phi) is 2.92. The van der Waals surface area contributed by atoms with Gasteiger partial charge in [0.05, 0.1) is 30.6 Å². The van der Waals surface area contributed by atoms with Gasteiger partial charge in [-0.05, 0) is 6.07 Å². The van der Waals surface area contributed by atoms with E-state index in [1.807, 2.05) is 12.1 Å². The third kappa shape index (κ3) is 2.22. The van der Waals surface area contributed by atoms with Crippen molar-refractivity contribution in [3.63, 3.8) is 0 Å². The maximum atomic E-state index is 10.9. The average Bonchev–Trinajstić information content (AvgIpc) is 2.65. The number of hydrogen-bond donors (Lipinski definition) is 0. The molecule has 0 amide bonds. The molecule has 0 aromatic heterocycles. The van der Waals surface area contributed by atoms with Crippen LogP contribution in [0.5, 0.6) is 0 Å². The lowest BCUT2D eigenvalue weighted by atomic mass is 10.1. The number of benzene rings is 1. The Morgan fingerprint density at radius 2 is 1.94 bits per heavy atom. The lowest BCUT2D eigenvalue weighted by Gasteiger charge is -2.28. The zero-order valence-corrected chi connectivity index (χ0v) is 9.56. The summed E-state index contributed by atoms with van der Waals surface area (Å²) < 4.78 is 0.935. The molecule has 16 heavy (non-hydrogen) atoms. The molecule has 1 fully saturated rings. The lowest BCUT2D eigenvalue weighted by Crippen LogP contribution is -2.39. The number of nitrogens with zero attached hydrogens (tertiary/aromatic N) is 2. The van der Waals surface area contributed by atoms with Gasteiger partial charge in [-0.25, -0.2) is 0 Å². The number of rotatable bonds is 3. The molecule has 0 aliphatic carbocycles. The molecule has 1 saturated heterocycles. The van der Waals surface area contributed by atoms with Crippen molar-refractivity contribution in [1.82, 2.24) is 0 Å². The van der Waals surface area contributed by atoms with E-state index in [0.717, 1.165) is 29.7 Å². The van der Waals surface area contributed by atoms with Crippen molar-refractivity contribution in [3.05, 3.63) is 39.9 Å². The molecule has 0 saturated carbocycles. The molecule has 1 heterocycles. The Morgan fingerprint density at radius 3 is 2.56 bits per heavy atom. The topological polar surface area (TPSA) is 43.1 Å². The molecule has 1 aromatic carbocycles. The predicted molar refractivity (Wildman–Crippen MR) is 62.0 cm³/mol. The third-order valence-electron chi connectivity index (χ3n) is 3.39. The second kappa shape index (κ2) is 4.22. The van der Waals surface area contributed by atoms with Gasteiger partial charge in [0.1, 0.15) is 6.54 Å². The molecule has 4 heteroatoms. The van der Waals surface area contributed by atoms with Crippen LogP contribution >= 0.6 is 0 Å². The first kappa shape index (κ1) is 11.1. The van der Waals surface area contributed by atoms with Gasteiger partial charge in [0, 0.05) is 18.9 Å². The third-order valence-corrected chi connectivity index (χ3v) is 3.39. The Labute approximate surface area is 95.2 Å². The van der Waals surface area contributed by atoms with Gasteiger partial charge >= 0.3 is 0 Å². The minimum atomic E-state index is -0.280. The van der Waals surface area contributed by atoms with Crippen molar-refractivity contribution < 1.29 is 9.41 Å². The largest absolute Gasteiger partial charge is 0.322 e. The van der Waals surface area contributed by atoms with Crippen LogP contribution in [0.3, 0.4) is 0 Å². The van der Waals surface area contributed by atoms with Crippen molar-refractivity contribution in [2.45, 2.75) is 19.4 Å². The van der Waals surface area contributed by atoms with Gasteiger partial charge in [0.25, 0.3) is 5.69 Å². The molecule has 86 valence electrons. The number of hydrogen-bond acceptors (Lipinski definition) is 2. The highest BCUT2D eigenvalue weighted by Crippen LogP contribution is 2.25. The number of nitro benzene ring substituents is 1. The van der Waals surface area contributed by atoms with Crippen LogP contribution in [0.1, 0.15) is 18.4 Å².